The predicted octanol–water partition coefficient (Wildman–Crippen LogP) is 2.78. The molecule has 0 fully saturated rings. The van der Waals surface area contributed by atoms with Crippen molar-refractivity contribution in [3.63, 3.8) is 0 Å². The van der Waals surface area contributed by atoms with Crippen molar-refractivity contribution in [2.45, 2.75) is 6.61 Å². The van der Waals surface area contributed by atoms with Crippen molar-refractivity contribution in [1.82, 2.24) is 0 Å². The molecule has 7 nitrogen and oxygen atoms in total. The molecule has 1 heterocycles. The molecule has 0 saturated heterocycles. The Morgan fingerprint density at radius 2 is 1.88 bits per heavy atom. The fourth-order valence-electron chi connectivity index (χ4n) is 2.05. The van der Waals surface area contributed by atoms with Crippen LogP contribution in [-0.4, -0.2) is 33.1 Å². The zero-order valence-electron chi connectivity index (χ0n) is 14.7. The molecule has 134 valence electrons. The molecule has 0 unspecified atom stereocenters. The SMILES string of the molecule is COC(=O)c1ccc(COC(=O)/C(C#N)=C/c2ccc(N(C)C)cc2)o1. The molecule has 0 saturated carbocycles. The molecule has 1 aromatic carbocycles. The van der Waals surface area contributed by atoms with Crippen LogP contribution in [0.3, 0.4) is 0 Å². The van der Waals surface area contributed by atoms with Gasteiger partial charge in [0, 0.05) is 19.8 Å². The van der Waals surface area contributed by atoms with Crippen LogP contribution in [0.25, 0.3) is 6.08 Å². The number of hydrogen-bond donors (Lipinski definition) is 0. The van der Waals surface area contributed by atoms with Crippen LogP contribution < -0.4 is 4.90 Å². The summed E-state index contributed by atoms with van der Waals surface area (Å²) in [6.45, 7) is -0.200. The zero-order chi connectivity index (χ0) is 19.1. The van der Waals surface area contributed by atoms with Gasteiger partial charge in [0.05, 0.1) is 7.11 Å². The monoisotopic (exact) mass is 354 g/mol. The van der Waals surface area contributed by atoms with Crippen molar-refractivity contribution in [1.29, 1.82) is 5.26 Å². The van der Waals surface area contributed by atoms with E-state index in [1.54, 1.807) is 12.1 Å². The summed E-state index contributed by atoms with van der Waals surface area (Å²) >= 11 is 0. The van der Waals surface area contributed by atoms with Crippen molar-refractivity contribution in [3.8, 4) is 6.07 Å². The van der Waals surface area contributed by atoms with Gasteiger partial charge in [-0.1, -0.05) is 12.1 Å². The van der Waals surface area contributed by atoms with E-state index in [0.717, 1.165) is 5.69 Å². The highest BCUT2D eigenvalue weighted by Gasteiger charge is 2.15. The number of ether oxygens (including phenoxy) is 2. The van der Waals surface area contributed by atoms with Gasteiger partial charge in [0.15, 0.2) is 0 Å². The number of anilines is 1. The Morgan fingerprint density at radius 1 is 1.19 bits per heavy atom. The number of esters is 2. The number of methoxy groups -OCH3 is 1. The van der Waals surface area contributed by atoms with E-state index >= 15 is 0 Å². The number of nitrogens with zero attached hydrogens (tertiary/aromatic N) is 2. The fourth-order valence-corrected chi connectivity index (χ4v) is 2.05. The van der Waals surface area contributed by atoms with Gasteiger partial charge in [0.25, 0.3) is 0 Å². The Bertz CT molecular complexity index is 857. The largest absolute Gasteiger partial charge is 0.463 e. The smallest absolute Gasteiger partial charge is 0.373 e. The molecule has 2 aromatic rings. The molecule has 7 heteroatoms. The highest BCUT2D eigenvalue weighted by Crippen LogP contribution is 2.16. The Kier molecular flexibility index (Phi) is 6.17. The van der Waals surface area contributed by atoms with Gasteiger partial charge in [0.2, 0.25) is 5.76 Å². The third-order valence-corrected chi connectivity index (χ3v) is 3.45. The van der Waals surface area contributed by atoms with Crippen LogP contribution in [0, 0.1) is 11.3 Å². The molecule has 0 aliphatic heterocycles. The van der Waals surface area contributed by atoms with Crippen LogP contribution in [0.5, 0.6) is 0 Å². The number of nitriles is 1. The highest BCUT2D eigenvalue weighted by molar-refractivity contribution is 5.97. The van der Waals surface area contributed by atoms with Gasteiger partial charge in [-0.2, -0.15) is 5.26 Å². The minimum Gasteiger partial charge on any atom is -0.463 e. The molecule has 0 atom stereocenters. The van der Waals surface area contributed by atoms with Crippen molar-refractivity contribution in [2.75, 3.05) is 26.1 Å². The molecular formula is C19H18N2O5. The Balaban J connectivity index is 2.03. The zero-order valence-corrected chi connectivity index (χ0v) is 14.7. The van der Waals surface area contributed by atoms with E-state index < -0.39 is 11.9 Å². The number of benzene rings is 1. The summed E-state index contributed by atoms with van der Waals surface area (Å²) in [5.41, 5.74) is 1.57. The van der Waals surface area contributed by atoms with Crippen LogP contribution in [0.4, 0.5) is 5.69 Å². The Labute approximate surface area is 151 Å². The average molecular weight is 354 g/mol. The lowest BCUT2D eigenvalue weighted by atomic mass is 10.1. The second kappa shape index (κ2) is 8.53. The lowest BCUT2D eigenvalue weighted by Crippen LogP contribution is -2.08. The van der Waals surface area contributed by atoms with Crippen LogP contribution in [-0.2, 0) is 20.9 Å². The van der Waals surface area contributed by atoms with Crippen LogP contribution in [0.15, 0.2) is 46.4 Å². The van der Waals surface area contributed by atoms with Gasteiger partial charge < -0.3 is 18.8 Å². The molecule has 0 radical (unpaired) electrons. The summed E-state index contributed by atoms with van der Waals surface area (Å²) in [5.74, 6) is -1.12. The van der Waals surface area contributed by atoms with E-state index in [1.807, 2.05) is 37.2 Å². The minimum absolute atomic E-state index is 0.00980. The van der Waals surface area contributed by atoms with Gasteiger partial charge >= 0.3 is 11.9 Å². The standard InChI is InChI=1S/C19H18N2O5/c1-21(2)15-6-4-13(5-7-15)10-14(11-20)18(22)25-12-16-8-9-17(26-16)19(23)24-3/h4-10H,12H2,1-3H3/b14-10+. The maximum absolute atomic E-state index is 12.1. The summed E-state index contributed by atoms with van der Waals surface area (Å²) in [6, 6.07) is 12.1. The Hall–Kier alpha value is -3.53. The molecule has 0 aliphatic rings. The number of hydrogen-bond acceptors (Lipinski definition) is 7. The fraction of sp³-hybridized carbons (Fsp3) is 0.211. The van der Waals surface area contributed by atoms with Gasteiger partial charge in [-0.25, -0.2) is 9.59 Å². The maximum atomic E-state index is 12.1. The number of carbonyl (C=O) groups excluding carboxylic acids is 2. The molecular weight excluding hydrogens is 336 g/mol. The van der Waals surface area contributed by atoms with Crippen molar-refractivity contribution < 1.29 is 23.5 Å². The quantitative estimate of drug-likeness (QED) is 0.447. The predicted molar refractivity (Wildman–Crippen MR) is 94.2 cm³/mol. The Morgan fingerprint density at radius 3 is 2.46 bits per heavy atom. The topological polar surface area (TPSA) is 92.8 Å². The van der Waals surface area contributed by atoms with Crippen molar-refractivity contribution >= 4 is 23.7 Å². The van der Waals surface area contributed by atoms with E-state index in [1.165, 1.54) is 25.3 Å². The van der Waals surface area contributed by atoms with E-state index in [-0.39, 0.29) is 23.7 Å². The molecule has 0 aliphatic carbocycles. The molecule has 0 N–H and O–H groups in total. The number of carbonyl (C=O) groups is 2. The van der Waals surface area contributed by atoms with Gasteiger partial charge in [-0.3, -0.25) is 0 Å². The van der Waals surface area contributed by atoms with Gasteiger partial charge in [-0.15, -0.1) is 0 Å². The lowest BCUT2D eigenvalue weighted by molar-refractivity contribution is -0.140. The average Bonchev–Trinajstić information content (AvgIpc) is 3.12. The van der Waals surface area contributed by atoms with E-state index in [4.69, 9.17) is 9.15 Å². The van der Waals surface area contributed by atoms with Gasteiger partial charge in [-0.05, 0) is 35.9 Å². The first-order valence-corrected chi connectivity index (χ1v) is 7.68. The summed E-state index contributed by atoms with van der Waals surface area (Å²) in [4.78, 5) is 25.3. The second-order valence-electron chi connectivity index (χ2n) is 5.49. The van der Waals surface area contributed by atoms with Crippen molar-refractivity contribution in [2.24, 2.45) is 0 Å². The lowest BCUT2D eigenvalue weighted by Gasteiger charge is -2.11. The first kappa shape index (κ1) is 18.8. The molecule has 2 rings (SSSR count). The van der Waals surface area contributed by atoms with E-state index in [2.05, 4.69) is 4.74 Å². The normalized spacial score (nSPS) is 10.8. The van der Waals surface area contributed by atoms with Gasteiger partial charge in [0.1, 0.15) is 24.0 Å². The third kappa shape index (κ3) is 4.74. The van der Waals surface area contributed by atoms with E-state index in [9.17, 15) is 14.9 Å². The first-order valence-electron chi connectivity index (χ1n) is 7.68. The molecule has 26 heavy (non-hydrogen) atoms. The molecule has 0 bridgehead atoms. The third-order valence-electron chi connectivity index (χ3n) is 3.45. The minimum atomic E-state index is -0.778. The highest BCUT2D eigenvalue weighted by atomic mass is 16.5. The van der Waals surface area contributed by atoms with Crippen LogP contribution in [0.2, 0.25) is 0 Å². The summed E-state index contributed by atoms with van der Waals surface area (Å²) in [7, 11) is 5.08. The molecule has 1 aromatic heterocycles. The summed E-state index contributed by atoms with van der Waals surface area (Å²) < 4.78 is 14.8. The molecule has 0 spiro atoms. The number of furan rings is 1. The second-order valence-corrected chi connectivity index (χ2v) is 5.49. The van der Waals surface area contributed by atoms with Crippen LogP contribution >= 0.6 is 0 Å². The first-order chi connectivity index (χ1) is 12.4. The summed E-state index contributed by atoms with van der Waals surface area (Å²) in [5, 5.41) is 9.19. The van der Waals surface area contributed by atoms with Crippen molar-refractivity contribution in [3.05, 3.63) is 59.1 Å². The van der Waals surface area contributed by atoms with Crippen LogP contribution in [0.1, 0.15) is 21.9 Å². The van der Waals surface area contributed by atoms with E-state index in [0.29, 0.717) is 5.56 Å². The summed E-state index contributed by atoms with van der Waals surface area (Å²) in [6.07, 6.45) is 1.45. The molecule has 0 amide bonds. The number of rotatable bonds is 6. The maximum Gasteiger partial charge on any atom is 0.373 e.